The molecule has 0 spiro atoms. The van der Waals surface area contributed by atoms with Crippen LogP contribution in [-0.4, -0.2) is 47.5 Å². The Morgan fingerprint density at radius 2 is 1.29 bits per heavy atom. The van der Waals surface area contributed by atoms with Gasteiger partial charge in [-0.2, -0.15) is 0 Å². The summed E-state index contributed by atoms with van der Waals surface area (Å²) >= 11 is 23.3. The lowest BCUT2D eigenvalue weighted by molar-refractivity contribution is -0.386. The minimum atomic E-state index is -0.753. The van der Waals surface area contributed by atoms with E-state index in [4.69, 9.17) is 55.9 Å². The number of hydrogen-bond acceptors (Lipinski definition) is 8. The fourth-order valence-corrected chi connectivity index (χ4v) is 3.69. The van der Waals surface area contributed by atoms with Gasteiger partial charge in [0.1, 0.15) is 0 Å². The molecule has 0 saturated heterocycles. The molecule has 0 aliphatic carbocycles. The summed E-state index contributed by atoms with van der Waals surface area (Å²) in [5, 5.41) is 27.0. The number of nitrogens with zero attached hydrogens (tertiary/aromatic N) is 2. The maximum Gasteiger partial charge on any atom is 0.314 e. The monoisotopic (exact) mass is 568 g/mol. The Bertz CT molecular complexity index is 1160. The molecule has 2 aromatic rings. The van der Waals surface area contributed by atoms with Crippen molar-refractivity contribution >= 4 is 69.6 Å². The second-order valence-corrected chi connectivity index (χ2v) is 8.52. The van der Waals surface area contributed by atoms with Crippen LogP contribution in [0.1, 0.15) is 6.92 Å². The normalized spacial score (nSPS) is 11.3. The molecular weight excluding hydrogens is 554 g/mol. The van der Waals surface area contributed by atoms with Gasteiger partial charge in [0.05, 0.1) is 19.9 Å². The number of nitro groups is 2. The zero-order chi connectivity index (χ0) is 26.3. The lowest BCUT2D eigenvalue weighted by Crippen LogP contribution is -2.44. The van der Waals surface area contributed by atoms with Crippen molar-refractivity contribution in [1.82, 2.24) is 10.6 Å². The summed E-state index contributed by atoms with van der Waals surface area (Å²) in [5.74, 6) is -1.92. The Labute approximate surface area is 217 Å². The number of carbonyl (C=O) groups excluding carboxylic acids is 2. The molecule has 1 unspecified atom stereocenters. The molecule has 0 saturated carbocycles. The van der Waals surface area contributed by atoms with Gasteiger partial charge in [-0.1, -0.05) is 46.4 Å². The number of rotatable bonds is 11. The second-order valence-electron chi connectivity index (χ2n) is 6.84. The van der Waals surface area contributed by atoms with E-state index in [1.54, 1.807) is 6.92 Å². The SMILES string of the molecule is CC(CNC(=O)COc1c(Cl)cc(Cl)cc1[N+](=O)[O-])NC(=O)COc1c(Cl)cc(Cl)cc1[N+](=O)[O-]. The highest BCUT2D eigenvalue weighted by atomic mass is 35.5. The van der Waals surface area contributed by atoms with E-state index >= 15 is 0 Å². The third kappa shape index (κ3) is 8.28. The molecular formula is C19H16Cl4N4O8. The van der Waals surface area contributed by atoms with E-state index in [1.807, 2.05) is 0 Å². The van der Waals surface area contributed by atoms with Gasteiger partial charge in [0, 0.05) is 34.8 Å². The van der Waals surface area contributed by atoms with Crippen LogP contribution in [0, 0.1) is 20.2 Å². The first-order valence-electron chi connectivity index (χ1n) is 9.47. The summed E-state index contributed by atoms with van der Waals surface area (Å²) in [6, 6.07) is 3.95. The van der Waals surface area contributed by atoms with E-state index in [0.717, 1.165) is 12.1 Å². The molecule has 2 rings (SSSR count). The van der Waals surface area contributed by atoms with Gasteiger partial charge in [0.25, 0.3) is 11.8 Å². The molecule has 0 aromatic heterocycles. The molecule has 0 radical (unpaired) electrons. The van der Waals surface area contributed by atoms with E-state index in [2.05, 4.69) is 10.6 Å². The molecule has 2 amide bonds. The summed E-state index contributed by atoms with van der Waals surface area (Å²) in [4.78, 5) is 44.9. The molecule has 0 aliphatic rings. The number of halogens is 4. The highest BCUT2D eigenvalue weighted by Crippen LogP contribution is 2.38. The average molecular weight is 570 g/mol. The van der Waals surface area contributed by atoms with E-state index in [-0.39, 0.29) is 38.1 Å². The lowest BCUT2D eigenvalue weighted by atomic mass is 10.3. The van der Waals surface area contributed by atoms with Crippen molar-refractivity contribution in [3.63, 3.8) is 0 Å². The predicted molar refractivity (Wildman–Crippen MR) is 128 cm³/mol. The quantitative estimate of drug-likeness (QED) is 0.300. The van der Waals surface area contributed by atoms with Crippen LogP contribution in [0.15, 0.2) is 24.3 Å². The predicted octanol–water partition coefficient (Wildman–Crippen LogP) is 4.20. The molecule has 0 bridgehead atoms. The first-order chi connectivity index (χ1) is 16.4. The molecule has 0 aliphatic heterocycles. The molecule has 16 heteroatoms. The third-order valence-electron chi connectivity index (χ3n) is 4.08. The Balaban J connectivity index is 1.84. The number of benzene rings is 2. The maximum atomic E-state index is 12.1. The molecule has 2 aromatic carbocycles. The standard InChI is InChI=1S/C19H16Cl4N4O8/c1-9(25-17(29)8-35-19-13(23)3-11(21)5-15(19)27(32)33)6-24-16(28)7-34-18-12(22)2-10(20)4-14(18)26(30)31/h2-5,9H,6-8H2,1H3,(H,24,28)(H,25,29). The fourth-order valence-electron chi connectivity index (χ4n) is 2.61. The van der Waals surface area contributed by atoms with Crippen molar-refractivity contribution < 1.29 is 28.9 Å². The number of nitro benzene ring substituents is 2. The van der Waals surface area contributed by atoms with Crippen LogP contribution < -0.4 is 20.1 Å². The molecule has 0 heterocycles. The van der Waals surface area contributed by atoms with Crippen LogP contribution in [0.3, 0.4) is 0 Å². The molecule has 35 heavy (non-hydrogen) atoms. The maximum absolute atomic E-state index is 12.1. The van der Waals surface area contributed by atoms with Gasteiger partial charge >= 0.3 is 11.4 Å². The Morgan fingerprint density at radius 3 is 1.71 bits per heavy atom. The second kappa shape index (κ2) is 12.6. The fraction of sp³-hybridized carbons (Fsp3) is 0.263. The molecule has 12 nitrogen and oxygen atoms in total. The van der Waals surface area contributed by atoms with Crippen molar-refractivity contribution in [2.75, 3.05) is 19.8 Å². The smallest absolute Gasteiger partial charge is 0.314 e. The van der Waals surface area contributed by atoms with Gasteiger partial charge in [-0.25, -0.2) is 0 Å². The zero-order valence-corrected chi connectivity index (χ0v) is 20.7. The van der Waals surface area contributed by atoms with Crippen LogP contribution in [0.25, 0.3) is 0 Å². The van der Waals surface area contributed by atoms with Crippen LogP contribution in [0.5, 0.6) is 11.5 Å². The van der Waals surface area contributed by atoms with Gasteiger partial charge in [0.15, 0.2) is 13.2 Å². The van der Waals surface area contributed by atoms with Gasteiger partial charge in [-0.3, -0.25) is 29.8 Å². The van der Waals surface area contributed by atoms with Crippen LogP contribution in [0.4, 0.5) is 11.4 Å². The van der Waals surface area contributed by atoms with Gasteiger partial charge in [-0.15, -0.1) is 0 Å². The number of carbonyl (C=O) groups is 2. The van der Waals surface area contributed by atoms with Crippen molar-refractivity contribution in [3.8, 4) is 11.5 Å². The molecule has 188 valence electrons. The van der Waals surface area contributed by atoms with Crippen molar-refractivity contribution in [2.45, 2.75) is 13.0 Å². The summed E-state index contributed by atoms with van der Waals surface area (Å²) in [5.41, 5.74) is -1.01. The van der Waals surface area contributed by atoms with E-state index < -0.39 is 52.3 Å². The minimum absolute atomic E-state index is 0.0276. The number of amides is 2. The largest absolute Gasteiger partial charge is 0.476 e. The summed E-state index contributed by atoms with van der Waals surface area (Å²) in [7, 11) is 0. The van der Waals surface area contributed by atoms with E-state index in [1.165, 1.54) is 12.1 Å². The van der Waals surface area contributed by atoms with Crippen LogP contribution in [-0.2, 0) is 9.59 Å². The third-order valence-corrected chi connectivity index (χ3v) is 5.08. The summed E-state index contributed by atoms with van der Waals surface area (Å²) in [6.07, 6.45) is 0. The Morgan fingerprint density at radius 1 is 0.857 bits per heavy atom. The lowest BCUT2D eigenvalue weighted by Gasteiger charge is -2.16. The zero-order valence-electron chi connectivity index (χ0n) is 17.7. The minimum Gasteiger partial charge on any atom is -0.476 e. The number of nitrogens with one attached hydrogen (secondary N) is 2. The highest BCUT2D eigenvalue weighted by molar-refractivity contribution is 6.36. The van der Waals surface area contributed by atoms with Crippen molar-refractivity contribution in [2.24, 2.45) is 0 Å². The van der Waals surface area contributed by atoms with Crippen LogP contribution >= 0.6 is 46.4 Å². The van der Waals surface area contributed by atoms with Crippen molar-refractivity contribution in [1.29, 1.82) is 0 Å². The number of hydrogen-bond donors (Lipinski definition) is 2. The van der Waals surface area contributed by atoms with Crippen LogP contribution in [0.2, 0.25) is 20.1 Å². The first kappa shape index (κ1) is 28.2. The first-order valence-corrected chi connectivity index (χ1v) is 11.0. The topological polar surface area (TPSA) is 163 Å². The summed E-state index contributed by atoms with van der Waals surface area (Å²) < 4.78 is 10.4. The molecule has 1 atom stereocenters. The summed E-state index contributed by atoms with van der Waals surface area (Å²) in [6.45, 7) is 0.344. The Hall–Kier alpha value is -3.06. The van der Waals surface area contributed by atoms with Gasteiger partial charge < -0.3 is 20.1 Å². The van der Waals surface area contributed by atoms with Crippen molar-refractivity contribution in [3.05, 3.63) is 64.6 Å². The highest BCUT2D eigenvalue weighted by Gasteiger charge is 2.23. The average Bonchev–Trinajstić information content (AvgIpc) is 2.75. The van der Waals surface area contributed by atoms with E-state index in [0.29, 0.717) is 0 Å². The number of ether oxygens (including phenoxy) is 2. The van der Waals surface area contributed by atoms with E-state index in [9.17, 15) is 29.8 Å². The molecule has 0 fully saturated rings. The van der Waals surface area contributed by atoms with Gasteiger partial charge in [-0.05, 0) is 19.1 Å². The molecule has 2 N–H and O–H groups in total. The van der Waals surface area contributed by atoms with Gasteiger partial charge in [0.2, 0.25) is 11.5 Å². The Kier molecular flexibility index (Phi) is 10.1.